The standard InChI is InChI=1S/C17H29N3/c1-4-20(13-15-9-5-8-12-19-15)17(14-18)11-7-6-10-16(17,2)3/h5,8-9,12H,4,6-7,10-11,13-14,18H2,1-3H3. The summed E-state index contributed by atoms with van der Waals surface area (Å²) in [6.45, 7) is 9.68. The molecule has 1 atom stereocenters. The summed E-state index contributed by atoms with van der Waals surface area (Å²) in [7, 11) is 0. The molecule has 1 saturated carbocycles. The van der Waals surface area contributed by atoms with Crippen molar-refractivity contribution in [2.45, 2.75) is 58.5 Å². The van der Waals surface area contributed by atoms with Crippen molar-refractivity contribution in [3.05, 3.63) is 30.1 Å². The summed E-state index contributed by atoms with van der Waals surface area (Å²) >= 11 is 0. The zero-order chi connectivity index (χ0) is 14.6. The lowest BCUT2D eigenvalue weighted by Crippen LogP contribution is -2.63. The van der Waals surface area contributed by atoms with Crippen LogP contribution in [0.5, 0.6) is 0 Å². The average Bonchev–Trinajstić information content (AvgIpc) is 2.46. The van der Waals surface area contributed by atoms with E-state index in [-0.39, 0.29) is 11.0 Å². The summed E-state index contributed by atoms with van der Waals surface area (Å²) in [6.07, 6.45) is 6.97. The van der Waals surface area contributed by atoms with Gasteiger partial charge in [0.1, 0.15) is 0 Å². The fourth-order valence-corrected chi connectivity index (χ4v) is 3.90. The number of nitrogens with two attached hydrogens (primary N) is 1. The highest BCUT2D eigenvalue weighted by Crippen LogP contribution is 2.47. The minimum absolute atomic E-state index is 0.109. The molecule has 0 aliphatic heterocycles. The molecular formula is C17H29N3. The van der Waals surface area contributed by atoms with Crippen molar-refractivity contribution in [2.75, 3.05) is 13.1 Å². The topological polar surface area (TPSA) is 42.2 Å². The van der Waals surface area contributed by atoms with E-state index in [2.05, 4.69) is 42.8 Å². The second-order valence-electron chi connectivity index (χ2n) is 6.66. The van der Waals surface area contributed by atoms with Crippen LogP contribution in [0, 0.1) is 5.41 Å². The molecule has 0 radical (unpaired) electrons. The molecule has 0 bridgehead atoms. The summed E-state index contributed by atoms with van der Waals surface area (Å²) < 4.78 is 0. The molecule has 0 spiro atoms. The Balaban J connectivity index is 2.27. The molecule has 0 amide bonds. The SMILES string of the molecule is CCN(Cc1ccccn1)C1(CN)CCCCC1(C)C. The lowest BCUT2D eigenvalue weighted by atomic mass is 9.62. The van der Waals surface area contributed by atoms with Crippen molar-refractivity contribution in [2.24, 2.45) is 11.1 Å². The van der Waals surface area contributed by atoms with Gasteiger partial charge in [-0.05, 0) is 36.9 Å². The number of likely N-dealkylation sites (N-methyl/N-ethyl adjacent to an activating group) is 1. The third kappa shape index (κ3) is 2.75. The zero-order valence-corrected chi connectivity index (χ0v) is 13.2. The maximum atomic E-state index is 6.28. The van der Waals surface area contributed by atoms with E-state index in [1.807, 2.05) is 12.3 Å². The minimum Gasteiger partial charge on any atom is -0.329 e. The summed E-state index contributed by atoms with van der Waals surface area (Å²) in [5.41, 5.74) is 7.80. The number of hydrogen-bond acceptors (Lipinski definition) is 3. The van der Waals surface area contributed by atoms with Gasteiger partial charge in [-0.2, -0.15) is 0 Å². The molecule has 1 aliphatic rings. The fraction of sp³-hybridized carbons (Fsp3) is 0.706. The first-order valence-corrected chi connectivity index (χ1v) is 7.91. The van der Waals surface area contributed by atoms with E-state index in [0.717, 1.165) is 25.3 Å². The first-order chi connectivity index (χ1) is 9.55. The molecule has 20 heavy (non-hydrogen) atoms. The average molecular weight is 275 g/mol. The molecule has 1 aliphatic carbocycles. The Bertz CT molecular complexity index is 416. The predicted octanol–water partition coefficient (Wildman–Crippen LogP) is 3.20. The van der Waals surface area contributed by atoms with Crippen LogP contribution < -0.4 is 5.73 Å². The zero-order valence-electron chi connectivity index (χ0n) is 13.2. The van der Waals surface area contributed by atoms with Gasteiger partial charge >= 0.3 is 0 Å². The Kier molecular flexibility index (Phi) is 4.82. The Morgan fingerprint density at radius 1 is 1.25 bits per heavy atom. The molecule has 2 N–H and O–H groups in total. The first-order valence-electron chi connectivity index (χ1n) is 7.91. The molecule has 1 fully saturated rings. The van der Waals surface area contributed by atoms with E-state index >= 15 is 0 Å². The van der Waals surface area contributed by atoms with Crippen LogP contribution in [-0.4, -0.2) is 28.5 Å². The highest BCUT2D eigenvalue weighted by Gasteiger charge is 2.48. The molecule has 3 heteroatoms. The van der Waals surface area contributed by atoms with E-state index in [9.17, 15) is 0 Å². The highest BCUT2D eigenvalue weighted by molar-refractivity contribution is 5.09. The molecule has 1 aromatic rings. The predicted molar refractivity (Wildman–Crippen MR) is 84.4 cm³/mol. The Morgan fingerprint density at radius 3 is 2.55 bits per heavy atom. The second-order valence-corrected chi connectivity index (χ2v) is 6.66. The molecular weight excluding hydrogens is 246 g/mol. The Labute approximate surface area is 123 Å². The van der Waals surface area contributed by atoms with Crippen LogP contribution >= 0.6 is 0 Å². The molecule has 1 aromatic heterocycles. The smallest absolute Gasteiger partial charge is 0.0544 e. The third-order valence-electron chi connectivity index (χ3n) is 5.31. The molecule has 3 nitrogen and oxygen atoms in total. The van der Waals surface area contributed by atoms with Gasteiger partial charge in [-0.15, -0.1) is 0 Å². The Morgan fingerprint density at radius 2 is 2.00 bits per heavy atom. The largest absolute Gasteiger partial charge is 0.329 e. The number of hydrogen-bond donors (Lipinski definition) is 1. The van der Waals surface area contributed by atoms with Gasteiger partial charge in [-0.1, -0.05) is 39.7 Å². The van der Waals surface area contributed by atoms with Gasteiger partial charge in [0.05, 0.1) is 5.69 Å². The van der Waals surface area contributed by atoms with Crippen LogP contribution in [0.3, 0.4) is 0 Å². The molecule has 0 aromatic carbocycles. The fourth-order valence-electron chi connectivity index (χ4n) is 3.90. The van der Waals surface area contributed by atoms with Crippen molar-refractivity contribution in [1.29, 1.82) is 0 Å². The molecule has 0 saturated heterocycles. The maximum Gasteiger partial charge on any atom is 0.0544 e. The monoisotopic (exact) mass is 275 g/mol. The second kappa shape index (κ2) is 6.23. The van der Waals surface area contributed by atoms with Gasteiger partial charge in [-0.3, -0.25) is 9.88 Å². The minimum atomic E-state index is 0.109. The van der Waals surface area contributed by atoms with Crippen LogP contribution in [0.25, 0.3) is 0 Å². The summed E-state index contributed by atoms with van der Waals surface area (Å²) in [5.74, 6) is 0. The number of rotatable bonds is 5. The number of aromatic nitrogens is 1. The van der Waals surface area contributed by atoms with Crippen molar-refractivity contribution in [1.82, 2.24) is 9.88 Å². The normalized spacial score (nSPS) is 25.9. The van der Waals surface area contributed by atoms with Crippen molar-refractivity contribution in [3.63, 3.8) is 0 Å². The number of pyridine rings is 1. The van der Waals surface area contributed by atoms with Gasteiger partial charge < -0.3 is 5.73 Å². The van der Waals surface area contributed by atoms with E-state index in [0.29, 0.717) is 0 Å². The van der Waals surface area contributed by atoms with Crippen LogP contribution in [-0.2, 0) is 6.54 Å². The van der Waals surface area contributed by atoms with Gasteiger partial charge in [-0.25, -0.2) is 0 Å². The van der Waals surface area contributed by atoms with Gasteiger partial charge in [0.2, 0.25) is 0 Å². The van der Waals surface area contributed by atoms with E-state index in [1.54, 1.807) is 0 Å². The van der Waals surface area contributed by atoms with Gasteiger partial charge in [0.25, 0.3) is 0 Å². The first kappa shape index (κ1) is 15.5. The van der Waals surface area contributed by atoms with Crippen LogP contribution in [0.2, 0.25) is 0 Å². The van der Waals surface area contributed by atoms with Crippen molar-refractivity contribution < 1.29 is 0 Å². The summed E-state index contributed by atoms with van der Waals surface area (Å²) in [4.78, 5) is 7.06. The van der Waals surface area contributed by atoms with Crippen molar-refractivity contribution >= 4 is 0 Å². The van der Waals surface area contributed by atoms with Crippen LogP contribution in [0.15, 0.2) is 24.4 Å². The highest BCUT2D eigenvalue weighted by atomic mass is 15.2. The third-order valence-corrected chi connectivity index (χ3v) is 5.31. The maximum absolute atomic E-state index is 6.28. The lowest BCUT2D eigenvalue weighted by Gasteiger charge is -2.56. The van der Waals surface area contributed by atoms with Gasteiger partial charge in [0, 0.05) is 24.8 Å². The summed E-state index contributed by atoms with van der Waals surface area (Å²) in [6, 6.07) is 6.16. The molecule has 1 unspecified atom stereocenters. The van der Waals surface area contributed by atoms with Crippen molar-refractivity contribution in [3.8, 4) is 0 Å². The summed E-state index contributed by atoms with van der Waals surface area (Å²) in [5, 5.41) is 0. The van der Waals surface area contributed by atoms with Crippen LogP contribution in [0.1, 0.15) is 52.1 Å². The quantitative estimate of drug-likeness (QED) is 0.897. The molecule has 2 rings (SSSR count). The van der Waals surface area contributed by atoms with Crippen LogP contribution in [0.4, 0.5) is 0 Å². The van der Waals surface area contributed by atoms with E-state index in [1.165, 1.54) is 25.7 Å². The Hall–Kier alpha value is -0.930. The van der Waals surface area contributed by atoms with E-state index in [4.69, 9.17) is 5.73 Å². The molecule has 1 heterocycles. The number of nitrogens with zero attached hydrogens (tertiary/aromatic N) is 2. The molecule has 112 valence electrons. The lowest BCUT2D eigenvalue weighted by molar-refractivity contribution is -0.0470. The van der Waals surface area contributed by atoms with E-state index < -0.39 is 0 Å². The van der Waals surface area contributed by atoms with Gasteiger partial charge in [0.15, 0.2) is 0 Å².